The third-order valence-electron chi connectivity index (χ3n) is 4.04. The number of nitrogens with zero attached hydrogens (tertiary/aromatic N) is 2. The summed E-state index contributed by atoms with van der Waals surface area (Å²) in [4.78, 5) is 15.5. The van der Waals surface area contributed by atoms with Crippen molar-refractivity contribution in [3.05, 3.63) is 30.1 Å². The molecule has 5 nitrogen and oxygen atoms in total. The van der Waals surface area contributed by atoms with Crippen LogP contribution in [0.2, 0.25) is 0 Å². The van der Waals surface area contributed by atoms with Crippen LogP contribution in [0.4, 0.5) is 14.9 Å². The highest BCUT2D eigenvalue weighted by Crippen LogP contribution is 2.17. The van der Waals surface area contributed by atoms with Gasteiger partial charge in [0.05, 0.1) is 5.69 Å². The molecule has 0 bridgehead atoms. The fourth-order valence-electron chi connectivity index (χ4n) is 2.67. The van der Waals surface area contributed by atoms with Crippen molar-refractivity contribution < 1.29 is 14.3 Å². The largest absolute Gasteiger partial charge is 0.396 e. The SMILES string of the molecule is CN(CCCNC(=O)N1CCC(CO)C1)c1ccccc1F. The number of hydrogen-bond acceptors (Lipinski definition) is 3. The summed E-state index contributed by atoms with van der Waals surface area (Å²) in [5.74, 6) is -0.0286. The van der Waals surface area contributed by atoms with E-state index in [1.54, 1.807) is 17.0 Å². The van der Waals surface area contributed by atoms with Crippen LogP contribution in [0.25, 0.3) is 0 Å². The van der Waals surface area contributed by atoms with Gasteiger partial charge in [-0.05, 0) is 25.0 Å². The maximum absolute atomic E-state index is 13.6. The Bertz CT molecular complexity index is 498. The van der Waals surface area contributed by atoms with Gasteiger partial charge in [0.1, 0.15) is 5.82 Å². The van der Waals surface area contributed by atoms with Gasteiger partial charge in [-0.2, -0.15) is 0 Å². The predicted molar refractivity (Wildman–Crippen MR) is 84.5 cm³/mol. The Morgan fingerprint density at radius 1 is 1.50 bits per heavy atom. The Morgan fingerprint density at radius 3 is 2.95 bits per heavy atom. The van der Waals surface area contributed by atoms with Gasteiger partial charge in [-0.3, -0.25) is 0 Å². The van der Waals surface area contributed by atoms with E-state index in [2.05, 4.69) is 5.32 Å². The van der Waals surface area contributed by atoms with Gasteiger partial charge in [-0.15, -0.1) is 0 Å². The van der Waals surface area contributed by atoms with Crippen LogP contribution in [0.5, 0.6) is 0 Å². The fourth-order valence-corrected chi connectivity index (χ4v) is 2.67. The van der Waals surface area contributed by atoms with Gasteiger partial charge in [-0.1, -0.05) is 12.1 Å². The van der Waals surface area contributed by atoms with E-state index in [1.165, 1.54) is 6.07 Å². The highest BCUT2D eigenvalue weighted by Gasteiger charge is 2.25. The molecule has 6 heteroatoms. The van der Waals surface area contributed by atoms with Gasteiger partial charge in [-0.25, -0.2) is 9.18 Å². The number of hydrogen-bond donors (Lipinski definition) is 2. The maximum atomic E-state index is 13.6. The van der Waals surface area contributed by atoms with Crippen LogP contribution in [-0.4, -0.2) is 55.9 Å². The number of halogens is 1. The second-order valence-corrected chi connectivity index (χ2v) is 5.74. The fraction of sp³-hybridized carbons (Fsp3) is 0.562. The van der Waals surface area contributed by atoms with Crippen molar-refractivity contribution in [2.45, 2.75) is 12.8 Å². The standard InChI is InChI=1S/C16H24FN3O2/c1-19(15-6-3-2-5-14(15)17)9-4-8-18-16(22)20-10-7-13(11-20)12-21/h2-3,5-6,13,21H,4,7-12H2,1H3,(H,18,22). The monoisotopic (exact) mass is 309 g/mol. The number of aliphatic hydroxyl groups is 1. The van der Waals surface area contributed by atoms with Gasteiger partial charge >= 0.3 is 6.03 Å². The second-order valence-electron chi connectivity index (χ2n) is 5.74. The minimum absolute atomic E-state index is 0.0792. The Hall–Kier alpha value is -1.82. The second kappa shape index (κ2) is 7.98. The number of carbonyl (C=O) groups is 1. The molecule has 0 aromatic heterocycles. The van der Waals surface area contributed by atoms with Crippen LogP contribution in [0.15, 0.2) is 24.3 Å². The van der Waals surface area contributed by atoms with E-state index in [4.69, 9.17) is 5.11 Å². The number of carbonyl (C=O) groups excluding carboxylic acids is 1. The third-order valence-corrected chi connectivity index (χ3v) is 4.04. The zero-order chi connectivity index (χ0) is 15.9. The molecule has 0 radical (unpaired) electrons. The van der Waals surface area contributed by atoms with E-state index in [9.17, 15) is 9.18 Å². The summed E-state index contributed by atoms with van der Waals surface area (Å²) in [6.45, 7) is 2.68. The van der Waals surface area contributed by atoms with E-state index in [0.717, 1.165) is 12.8 Å². The average Bonchev–Trinajstić information content (AvgIpc) is 3.00. The Kier molecular flexibility index (Phi) is 6.00. The Balaban J connectivity index is 1.67. The molecule has 2 N–H and O–H groups in total. The predicted octanol–water partition coefficient (Wildman–Crippen LogP) is 1.68. The van der Waals surface area contributed by atoms with Crippen molar-refractivity contribution in [3.63, 3.8) is 0 Å². The zero-order valence-corrected chi connectivity index (χ0v) is 13.0. The quantitative estimate of drug-likeness (QED) is 0.786. The molecule has 1 aliphatic rings. The summed E-state index contributed by atoms with van der Waals surface area (Å²) in [5.41, 5.74) is 0.569. The Labute approximate surface area is 130 Å². The number of amides is 2. The minimum Gasteiger partial charge on any atom is -0.396 e. The van der Waals surface area contributed by atoms with E-state index in [-0.39, 0.29) is 24.4 Å². The highest BCUT2D eigenvalue weighted by atomic mass is 19.1. The molecule has 122 valence electrons. The number of urea groups is 1. The van der Waals surface area contributed by atoms with Gasteiger partial charge in [0.2, 0.25) is 0 Å². The molecule has 0 spiro atoms. The first-order valence-electron chi connectivity index (χ1n) is 7.71. The molecule has 2 rings (SSSR count). The van der Waals surface area contributed by atoms with Crippen LogP contribution < -0.4 is 10.2 Å². The maximum Gasteiger partial charge on any atom is 0.317 e. The summed E-state index contributed by atoms with van der Waals surface area (Å²) in [7, 11) is 1.84. The number of rotatable bonds is 6. The molecule has 22 heavy (non-hydrogen) atoms. The average molecular weight is 309 g/mol. The molecule has 1 unspecified atom stereocenters. The normalized spacial score (nSPS) is 17.6. The zero-order valence-electron chi connectivity index (χ0n) is 13.0. The molecular formula is C16H24FN3O2. The van der Waals surface area contributed by atoms with Crippen molar-refractivity contribution in [1.82, 2.24) is 10.2 Å². The van der Waals surface area contributed by atoms with E-state index < -0.39 is 0 Å². The molecule has 1 heterocycles. The molecule has 1 aliphatic heterocycles. The Morgan fingerprint density at radius 2 is 2.27 bits per heavy atom. The summed E-state index contributed by atoms with van der Waals surface area (Å²) in [6, 6.07) is 6.58. The van der Waals surface area contributed by atoms with Crippen LogP contribution in [-0.2, 0) is 0 Å². The van der Waals surface area contributed by atoms with E-state index >= 15 is 0 Å². The smallest absolute Gasteiger partial charge is 0.317 e. The van der Waals surface area contributed by atoms with Gasteiger partial charge < -0.3 is 20.2 Å². The number of nitrogens with one attached hydrogen (secondary N) is 1. The van der Waals surface area contributed by atoms with Crippen LogP contribution in [0, 0.1) is 11.7 Å². The van der Waals surface area contributed by atoms with Gasteiger partial charge in [0, 0.05) is 45.8 Å². The molecule has 1 saturated heterocycles. The first-order valence-corrected chi connectivity index (χ1v) is 7.71. The third kappa shape index (κ3) is 4.34. The van der Waals surface area contributed by atoms with Crippen LogP contribution in [0.3, 0.4) is 0 Å². The molecule has 0 saturated carbocycles. The molecule has 2 amide bonds. The number of para-hydroxylation sites is 1. The number of anilines is 1. The van der Waals surface area contributed by atoms with Crippen LogP contribution >= 0.6 is 0 Å². The lowest BCUT2D eigenvalue weighted by molar-refractivity contribution is 0.198. The van der Waals surface area contributed by atoms with Crippen molar-refractivity contribution in [1.29, 1.82) is 0 Å². The number of aliphatic hydroxyl groups excluding tert-OH is 1. The van der Waals surface area contributed by atoms with Crippen molar-refractivity contribution in [3.8, 4) is 0 Å². The lowest BCUT2D eigenvalue weighted by atomic mass is 10.1. The minimum atomic E-state index is -0.235. The lowest BCUT2D eigenvalue weighted by Crippen LogP contribution is -2.39. The summed E-state index contributed by atoms with van der Waals surface area (Å²) < 4.78 is 13.6. The molecule has 1 fully saturated rings. The number of benzene rings is 1. The molecule has 0 aliphatic carbocycles. The first-order chi connectivity index (χ1) is 10.6. The van der Waals surface area contributed by atoms with Crippen molar-refractivity contribution >= 4 is 11.7 Å². The number of likely N-dealkylation sites (tertiary alicyclic amines) is 1. The summed E-state index contributed by atoms with van der Waals surface area (Å²) >= 11 is 0. The topological polar surface area (TPSA) is 55.8 Å². The van der Waals surface area contributed by atoms with E-state index in [1.807, 2.05) is 18.0 Å². The van der Waals surface area contributed by atoms with E-state index in [0.29, 0.717) is 31.9 Å². The van der Waals surface area contributed by atoms with Crippen molar-refractivity contribution in [2.75, 3.05) is 44.7 Å². The molecular weight excluding hydrogens is 285 g/mol. The lowest BCUT2D eigenvalue weighted by Gasteiger charge is -2.21. The summed E-state index contributed by atoms with van der Waals surface area (Å²) in [5, 5.41) is 12.0. The molecule has 1 atom stereocenters. The van der Waals surface area contributed by atoms with Crippen molar-refractivity contribution in [2.24, 2.45) is 5.92 Å². The van der Waals surface area contributed by atoms with Gasteiger partial charge in [0.25, 0.3) is 0 Å². The molecule has 1 aromatic carbocycles. The van der Waals surface area contributed by atoms with Crippen LogP contribution in [0.1, 0.15) is 12.8 Å². The first kappa shape index (κ1) is 16.5. The molecule has 1 aromatic rings. The van der Waals surface area contributed by atoms with Gasteiger partial charge in [0.15, 0.2) is 0 Å². The highest BCUT2D eigenvalue weighted by molar-refractivity contribution is 5.74. The summed E-state index contributed by atoms with van der Waals surface area (Å²) in [6.07, 6.45) is 1.60.